The zero-order valence-corrected chi connectivity index (χ0v) is 30.2. The monoisotopic (exact) mass is 714 g/mol. The molecule has 1 aromatic carbocycles. The molecule has 3 aromatic heterocycles. The molecule has 274 valence electrons. The summed E-state index contributed by atoms with van der Waals surface area (Å²) in [5.74, 6) is 5.90. The number of amides is 1. The summed E-state index contributed by atoms with van der Waals surface area (Å²) in [5.41, 5.74) is 4.46. The number of anilines is 2. The topological polar surface area (TPSA) is 92.0 Å². The molecule has 10 nitrogen and oxygen atoms in total. The molecule has 5 rings (SSSR count). The van der Waals surface area contributed by atoms with Crippen molar-refractivity contribution < 1.29 is 22.7 Å². The van der Waals surface area contributed by atoms with E-state index in [9.17, 15) is 18.0 Å². The van der Waals surface area contributed by atoms with Gasteiger partial charge in [0.15, 0.2) is 5.65 Å². The van der Waals surface area contributed by atoms with Crippen LogP contribution in [-0.4, -0.2) is 94.0 Å². The van der Waals surface area contributed by atoms with Gasteiger partial charge < -0.3 is 20.3 Å². The number of piperazine rings is 1. The molecule has 1 aliphatic heterocycles. The molecule has 1 saturated heterocycles. The number of pyridine rings is 1. The van der Waals surface area contributed by atoms with Gasteiger partial charge >= 0.3 is 6.18 Å². The number of carbonyl (C=O) groups excluding carboxylic acids is 1. The summed E-state index contributed by atoms with van der Waals surface area (Å²) >= 11 is 0. The number of likely N-dealkylation sites (N-methyl/N-ethyl adjacent to an activating group) is 1. The smallest absolute Gasteiger partial charge is 0.385 e. The molecule has 0 aliphatic carbocycles. The van der Waals surface area contributed by atoms with Crippen molar-refractivity contribution in [1.29, 1.82) is 0 Å². The minimum Gasteiger partial charge on any atom is -0.385 e. The summed E-state index contributed by atoms with van der Waals surface area (Å²) in [6, 6.07) is 9.22. The van der Waals surface area contributed by atoms with Crippen LogP contribution in [0.4, 0.5) is 24.5 Å². The van der Waals surface area contributed by atoms with E-state index in [4.69, 9.17) is 4.74 Å². The van der Waals surface area contributed by atoms with Crippen molar-refractivity contribution in [1.82, 2.24) is 34.3 Å². The molecule has 1 aliphatic rings. The number of hydrogen-bond acceptors (Lipinski definition) is 7. The van der Waals surface area contributed by atoms with E-state index < -0.39 is 17.7 Å². The number of alkyl halides is 3. The second-order valence-electron chi connectivity index (χ2n) is 13.0. The van der Waals surface area contributed by atoms with Crippen LogP contribution >= 0.6 is 0 Å². The minimum atomic E-state index is -4.47. The van der Waals surface area contributed by atoms with E-state index in [-0.39, 0.29) is 23.9 Å². The second kappa shape index (κ2) is 16.9. The lowest BCUT2D eigenvalue weighted by molar-refractivity contribution is -0.0922. The Balaban J connectivity index is 1.27. The van der Waals surface area contributed by atoms with Crippen LogP contribution in [0.25, 0.3) is 5.65 Å². The van der Waals surface area contributed by atoms with Crippen LogP contribution in [0, 0.1) is 18.8 Å². The molecule has 1 atom stereocenters. The molecule has 0 radical (unpaired) electrons. The van der Waals surface area contributed by atoms with Crippen LogP contribution in [0.3, 0.4) is 0 Å². The minimum absolute atomic E-state index is 0.132. The normalized spacial score (nSPS) is 16.1. The van der Waals surface area contributed by atoms with Crippen molar-refractivity contribution in [2.45, 2.75) is 46.0 Å². The van der Waals surface area contributed by atoms with Crippen molar-refractivity contribution in [3.8, 4) is 11.8 Å². The van der Waals surface area contributed by atoms with Gasteiger partial charge in [0.25, 0.3) is 5.91 Å². The highest BCUT2D eigenvalue weighted by Gasteiger charge is 2.33. The number of halogens is 3. The molecular weight excluding hydrogens is 669 g/mol. The molecular formula is C39H45F3N8O2. The third-order valence-electron chi connectivity index (χ3n) is 9.11. The Kier molecular flexibility index (Phi) is 12.4. The van der Waals surface area contributed by atoms with Gasteiger partial charge in [0.05, 0.1) is 23.8 Å². The van der Waals surface area contributed by atoms with Crippen molar-refractivity contribution in [3.05, 3.63) is 113 Å². The number of imidazole rings is 1. The summed E-state index contributed by atoms with van der Waals surface area (Å²) in [6.45, 7) is 12.6. The fraction of sp³-hybridized carbons (Fsp3) is 0.359. The molecule has 4 aromatic rings. The summed E-state index contributed by atoms with van der Waals surface area (Å²) in [7, 11) is 3.69. The number of aromatic nitrogens is 4. The third-order valence-corrected chi connectivity index (χ3v) is 9.11. The van der Waals surface area contributed by atoms with Gasteiger partial charge in [0, 0.05) is 87.3 Å². The molecule has 0 bridgehead atoms. The average Bonchev–Trinajstić information content (AvgIpc) is 3.74. The van der Waals surface area contributed by atoms with Gasteiger partial charge in [-0.05, 0) is 81.6 Å². The SMILES string of the molecule is C=C(/C=C\C(CN1CCN(C)[C@@H](C)C1)=C(/C)C(F)(F)F)NC(=O)c1ccc(C)c(C#Cc2cnc3c(Nc4cnn(CCCOC)c4)cccn23)c1. The van der Waals surface area contributed by atoms with Crippen LogP contribution in [0.5, 0.6) is 0 Å². The maximum Gasteiger partial charge on any atom is 0.412 e. The summed E-state index contributed by atoms with van der Waals surface area (Å²) < 4.78 is 50.1. The molecule has 4 heterocycles. The number of allylic oxidation sites excluding steroid dienone is 2. The van der Waals surface area contributed by atoms with Gasteiger partial charge in [-0.15, -0.1) is 0 Å². The molecule has 1 amide bonds. The predicted molar refractivity (Wildman–Crippen MR) is 197 cm³/mol. The van der Waals surface area contributed by atoms with Crippen LogP contribution < -0.4 is 10.6 Å². The highest BCUT2D eigenvalue weighted by atomic mass is 19.4. The summed E-state index contributed by atoms with van der Waals surface area (Å²) in [6.07, 6.45) is 6.46. The summed E-state index contributed by atoms with van der Waals surface area (Å²) in [4.78, 5) is 22.0. The third kappa shape index (κ3) is 9.79. The average molecular weight is 715 g/mol. The number of carbonyl (C=O) groups is 1. The first-order valence-electron chi connectivity index (χ1n) is 17.1. The molecule has 0 unspecified atom stereocenters. The number of fused-ring (bicyclic) bond motifs is 1. The maximum absolute atomic E-state index is 13.8. The molecule has 0 spiro atoms. The quantitative estimate of drug-likeness (QED) is 0.101. The standard InChI is InChI=1S/C39H45F3N8O2/c1-27-10-12-32(38(51)45-28(2)11-13-33(30(4)39(40,41)42)25-48-19-18-47(5)29(3)24-48)21-31(27)14-15-35-23-43-37-36(9-7-17-50(35)37)46-34-22-44-49(26-34)16-8-20-52-6/h7,9-13,17,21-23,26,29,46H,2,8,16,18-20,24-25H2,1,3-6H3,(H,45,51)/b13-11-,33-30-/t29-/m0/s1. The number of hydrogen-bond donors (Lipinski definition) is 2. The van der Waals surface area contributed by atoms with E-state index in [0.29, 0.717) is 42.2 Å². The number of ether oxygens (including phenoxy) is 1. The fourth-order valence-corrected chi connectivity index (χ4v) is 5.75. The van der Waals surface area contributed by atoms with Gasteiger partial charge in [0.1, 0.15) is 5.69 Å². The molecule has 2 N–H and O–H groups in total. The first kappa shape index (κ1) is 38.1. The first-order valence-corrected chi connectivity index (χ1v) is 17.1. The lowest BCUT2D eigenvalue weighted by Crippen LogP contribution is -2.50. The highest BCUT2D eigenvalue weighted by Crippen LogP contribution is 2.29. The molecule has 1 fully saturated rings. The van der Waals surface area contributed by atoms with E-state index in [1.54, 1.807) is 37.7 Å². The van der Waals surface area contributed by atoms with Gasteiger partial charge in [-0.25, -0.2) is 4.98 Å². The van der Waals surface area contributed by atoms with Crippen molar-refractivity contribution in [2.75, 3.05) is 52.3 Å². The lowest BCUT2D eigenvalue weighted by atomic mass is 10.0. The zero-order chi connectivity index (χ0) is 37.4. The maximum atomic E-state index is 13.8. The van der Waals surface area contributed by atoms with E-state index >= 15 is 0 Å². The molecule has 52 heavy (non-hydrogen) atoms. The number of benzene rings is 1. The second-order valence-corrected chi connectivity index (χ2v) is 13.0. The highest BCUT2D eigenvalue weighted by molar-refractivity contribution is 5.96. The van der Waals surface area contributed by atoms with Gasteiger partial charge in [0.2, 0.25) is 0 Å². The first-order chi connectivity index (χ1) is 24.8. The zero-order valence-electron chi connectivity index (χ0n) is 30.2. The van der Waals surface area contributed by atoms with E-state index in [0.717, 1.165) is 43.4 Å². The van der Waals surface area contributed by atoms with Crippen LogP contribution in [0.1, 0.15) is 47.4 Å². The lowest BCUT2D eigenvalue weighted by Gasteiger charge is -2.38. The van der Waals surface area contributed by atoms with Gasteiger partial charge in [-0.1, -0.05) is 24.6 Å². The largest absolute Gasteiger partial charge is 0.412 e. The van der Waals surface area contributed by atoms with Crippen molar-refractivity contribution in [3.63, 3.8) is 0 Å². The fourth-order valence-electron chi connectivity index (χ4n) is 5.75. The van der Waals surface area contributed by atoms with Gasteiger partial charge in [-0.2, -0.15) is 18.3 Å². The van der Waals surface area contributed by atoms with E-state index in [2.05, 4.69) is 51.0 Å². The van der Waals surface area contributed by atoms with Crippen LogP contribution in [0.15, 0.2) is 90.7 Å². The number of methoxy groups -OCH3 is 1. The van der Waals surface area contributed by atoms with Crippen molar-refractivity contribution >= 4 is 22.9 Å². The Hall–Kier alpha value is -5.16. The van der Waals surface area contributed by atoms with Crippen LogP contribution in [-0.2, 0) is 11.3 Å². The number of aryl methyl sites for hydroxylation is 2. The Morgan fingerprint density at radius 3 is 2.73 bits per heavy atom. The van der Waals surface area contributed by atoms with Crippen LogP contribution in [0.2, 0.25) is 0 Å². The Bertz CT molecular complexity index is 2030. The Morgan fingerprint density at radius 1 is 1.17 bits per heavy atom. The predicted octanol–water partition coefficient (Wildman–Crippen LogP) is 6.33. The summed E-state index contributed by atoms with van der Waals surface area (Å²) in [5, 5.41) is 10.5. The molecule has 0 saturated carbocycles. The van der Waals surface area contributed by atoms with Gasteiger partial charge in [-0.3, -0.25) is 18.8 Å². The van der Waals surface area contributed by atoms with E-state index in [1.165, 1.54) is 12.2 Å². The Labute approximate surface area is 302 Å². The number of nitrogens with one attached hydrogen (secondary N) is 2. The van der Waals surface area contributed by atoms with Crippen molar-refractivity contribution in [2.24, 2.45) is 0 Å². The molecule has 13 heteroatoms. The number of nitrogens with zero attached hydrogens (tertiary/aromatic N) is 6. The van der Waals surface area contributed by atoms with E-state index in [1.807, 2.05) is 52.5 Å². The Morgan fingerprint density at radius 2 is 1.98 bits per heavy atom. The number of rotatable bonds is 12.